The van der Waals surface area contributed by atoms with E-state index in [9.17, 15) is 14.7 Å². The number of hydrogen-bond donors (Lipinski definition) is 3. The summed E-state index contributed by atoms with van der Waals surface area (Å²) in [5.74, 6) is -0.342. The SMILES string of the molecule is CC(C)[C@@H](C)[C@@]1(C)CC[C@]2(C)[C@H]3CC[C@@H]4[C@@]5(C)COC[C@@]4(C3=CC[C@@]2(C)[C@@H]1C(=O)O)[C@@H](OC[C@@](C)(N)C(C)C)[C@H](n1ncnc1C(N)=O)C5. The molecule has 1 aromatic rings. The fourth-order valence-corrected chi connectivity index (χ4v) is 12.2. The van der Waals surface area contributed by atoms with Crippen LogP contribution in [0.3, 0.4) is 0 Å². The number of hydrogen-bond acceptors (Lipinski definition) is 7. The maximum atomic E-state index is 13.5. The third kappa shape index (κ3) is 5.03. The Kier molecular flexibility index (Phi) is 8.84. The Balaban J connectivity index is 1.54. The smallest absolute Gasteiger partial charge is 0.307 e. The number of allylic oxidation sites excluding steroid dienone is 1. The molecule has 4 aliphatic carbocycles. The summed E-state index contributed by atoms with van der Waals surface area (Å²) in [7, 11) is 0. The van der Waals surface area contributed by atoms with Gasteiger partial charge >= 0.3 is 5.97 Å². The summed E-state index contributed by atoms with van der Waals surface area (Å²) in [6, 6.07) is -0.313. The van der Waals surface area contributed by atoms with Crippen molar-refractivity contribution in [3.8, 4) is 0 Å². The molecule has 10 heteroatoms. The zero-order valence-corrected chi connectivity index (χ0v) is 31.7. The number of primary amides is 1. The molecule has 1 aliphatic heterocycles. The Morgan fingerprint density at radius 2 is 1.80 bits per heavy atom. The maximum Gasteiger partial charge on any atom is 0.307 e. The van der Waals surface area contributed by atoms with Crippen LogP contribution in [-0.2, 0) is 14.3 Å². The predicted molar refractivity (Wildman–Crippen MR) is 188 cm³/mol. The molecule has 1 amide bonds. The van der Waals surface area contributed by atoms with Crippen LogP contribution in [0.2, 0.25) is 0 Å². The van der Waals surface area contributed by atoms with Gasteiger partial charge in [0.2, 0.25) is 5.82 Å². The third-order valence-electron chi connectivity index (χ3n) is 16.0. The second-order valence-electron chi connectivity index (χ2n) is 18.9. The molecule has 2 heterocycles. The number of aliphatic carboxylic acids is 1. The number of nitrogens with zero attached hydrogens (tertiary/aromatic N) is 3. The molecule has 0 radical (unpaired) electrons. The molecule has 12 atom stereocenters. The summed E-state index contributed by atoms with van der Waals surface area (Å²) < 4.78 is 15.6. The number of fused-ring (bicyclic) bond motifs is 3. The summed E-state index contributed by atoms with van der Waals surface area (Å²) in [4.78, 5) is 30.5. The molecule has 5 aliphatic rings. The van der Waals surface area contributed by atoms with Crippen LogP contribution in [-0.4, -0.2) is 63.2 Å². The van der Waals surface area contributed by atoms with Gasteiger partial charge in [-0.3, -0.25) is 9.59 Å². The van der Waals surface area contributed by atoms with Crippen molar-refractivity contribution in [2.45, 2.75) is 125 Å². The monoisotopic (exact) mass is 681 g/mol. The number of ether oxygens (including phenoxy) is 2. The first-order valence-corrected chi connectivity index (χ1v) is 18.8. The van der Waals surface area contributed by atoms with Crippen LogP contribution < -0.4 is 11.5 Å². The number of carbonyl (C=O) groups is 2. The Labute approximate surface area is 293 Å². The minimum atomic E-state index is -0.666. The van der Waals surface area contributed by atoms with Gasteiger partial charge in [0.25, 0.3) is 5.91 Å². The molecule has 1 aromatic heterocycles. The van der Waals surface area contributed by atoms with Crippen molar-refractivity contribution in [3.05, 3.63) is 23.8 Å². The molecular formula is C39H63N5O5. The molecule has 4 fully saturated rings. The van der Waals surface area contributed by atoms with Crippen LogP contribution in [0.1, 0.15) is 124 Å². The molecule has 1 saturated heterocycles. The van der Waals surface area contributed by atoms with Crippen LogP contribution in [0.5, 0.6) is 0 Å². The van der Waals surface area contributed by atoms with Crippen LogP contribution >= 0.6 is 0 Å². The van der Waals surface area contributed by atoms with E-state index in [0.717, 1.165) is 25.7 Å². The van der Waals surface area contributed by atoms with E-state index in [1.807, 2.05) is 6.92 Å². The highest BCUT2D eigenvalue weighted by Gasteiger charge is 2.72. The van der Waals surface area contributed by atoms with Gasteiger partial charge in [-0.25, -0.2) is 9.67 Å². The first-order chi connectivity index (χ1) is 22.7. The van der Waals surface area contributed by atoms with E-state index < -0.39 is 40.3 Å². The van der Waals surface area contributed by atoms with Crippen molar-refractivity contribution in [2.24, 2.45) is 74.0 Å². The second-order valence-corrected chi connectivity index (χ2v) is 18.9. The average molecular weight is 682 g/mol. The van der Waals surface area contributed by atoms with Crippen LogP contribution in [0, 0.1) is 62.6 Å². The topological polar surface area (TPSA) is 156 Å². The normalized spacial score (nSPS) is 43.5. The zero-order valence-electron chi connectivity index (χ0n) is 31.7. The average Bonchev–Trinajstić information content (AvgIpc) is 3.50. The number of carboxylic acids is 1. The minimum Gasteiger partial charge on any atom is -0.481 e. The zero-order chi connectivity index (χ0) is 36.1. The van der Waals surface area contributed by atoms with E-state index in [1.165, 1.54) is 11.9 Å². The lowest BCUT2D eigenvalue weighted by Crippen LogP contribution is -2.70. The maximum absolute atomic E-state index is 13.5. The summed E-state index contributed by atoms with van der Waals surface area (Å²) in [6.07, 6.45) is 8.69. The first kappa shape index (κ1) is 36.5. The fraction of sp³-hybridized carbons (Fsp3) is 0.846. The Morgan fingerprint density at radius 3 is 2.41 bits per heavy atom. The van der Waals surface area contributed by atoms with E-state index in [0.29, 0.717) is 38.6 Å². The van der Waals surface area contributed by atoms with E-state index in [4.69, 9.17) is 20.9 Å². The summed E-state index contributed by atoms with van der Waals surface area (Å²) in [5.41, 5.74) is 11.8. The third-order valence-corrected chi connectivity index (χ3v) is 16.0. The van der Waals surface area contributed by atoms with Crippen LogP contribution in [0.25, 0.3) is 0 Å². The number of aromatic nitrogens is 3. The number of carbonyl (C=O) groups excluding carboxylic acids is 1. The molecule has 10 nitrogen and oxygen atoms in total. The van der Waals surface area contributed by atoms with Gasteiger partial charge < -0.3 is 26.0 Å². The highest BCUT2D eigenvalue weighted by Crippen LogP contribution is 2.75. The molecule has 2 bridgehead atoms. The lowest BCUT2D eigenvalue weighted by Gasteiger charge is -2.71. The molecule has 3 saturated carbocycles. The standard InChI is InChI=1S/C39H63N5O5/c1-22(2)24(5)35(7)15-16-36(8)25-11-12-28-34(6)17-27(44-32(31(40)45)42-21-43-44)30(49-19-38(10,41)23(3)4)39(28,20-48-18-34)26(25)13-14-37(36,9)29(35)33(46)47/h13,21-25,27-30H,11-12,14-20,41H2,1-10H3,(H2,40,45)(H,46,47)/t24-,25+,27-,28-,29-,30+,34-,35-,36-,37+,38-,39+/m1/s1. The minimum absolute atomic E-state index is 0.134. The van der Waals surface area contributed by atoms with E-state index >= 15 is 0 Å². The Bertz CT molecular complexity index is 1500. The Hall–Kier alpha value is -2.30. The van der Waals surface area contributed by atoms with Gasteiger partial charge in [0, 0.05) is 11.0 Å². The van der Waals surface area contributed by atoms with E-state index in [-0.39, 0.29) is 51.8 Å². The largest absolute Gasteiger partial charge is 0.481 e. The predicted octanol–water partition coefficient (Wildman–Crippen LogP) is 6.27. The molecule has 5 N–H and O–H groups in total. The number of carboxylic acid groups (broad SMARTS) is 1. The Morgan fingerprint density at radius 1 is 1.10 bits per heavy atom. The van der Waals surface area contributed by atoms with Gasteiger partial charge in [-0.05, 0) is 96.7 Å². The molecule has 49 heavy (non-hydrogen) atoms. The van der Waals surface area contributed by atoms with Gasteiger partial charge in [-0.15, -0.1) is 0 Å². The van der Waals surface area contributed by atoms with Gasteiger partial charge in [0.15, 0.2) is 0 Å². The van der Waals surface area contributed by atoms with Crippen molar-refractivity contribution in [1.29, 1.82) is 0 Å². The van der Waals surface area contributed by atoms with Crippen LogP contribution in [0.15, 0.2) is 18.0 Å². The van der Waals surface area contributed by atoms with Crippen LogP contribution in [0.4, 0.5) is 0 Å². The summed E-state index contributed by atoms with van der Waals surface area (Å²) in [6.45, 7) is 23.7. The summed E-state index contributed by atoms with van der Waals surface area (Å²) in [5, 5.41) is 15.7. The fourth-order valence-electron chi connectivity index (χ4n) is 12.2. The highest BCUT2D eigenvalue weighted by molar-refractivity contribution is 5.89. The van der Waals surface area contributed by atoms with Gasteiger partial charge in [-0.2, -0.15) is 5.10 Å². The van der Waals surface area contributed by atoms with Gasteiger partial charge in [0.05, 0.1) is 37.9 Å². The van der Waals surface area contributed by atoms with Crippen molar-refractivity contribution in [2.75, 3.05) is 19.8 Å². The van der Waals surface area contributed by atoms with Gasteiger partial charge in [0.1, 0.15) is 6.33 Å². The van der Waals surface area contributed by atoms with Crippen molar-refractivity contribution in [1.82, 2.24) is 14.8 Å². The molecule has 0 aromatic carbocycles. The molecule has 6 rings (SSSR count). The summed E-state index contributed by atoms with van der Waals surface area (Å²) >= 11 is 0. The van der Waals surface area contributed by atoms with Crippen molar-refractivity contribution < 1.29 is 24.2 Å². The number of rotatable bonds is 9. The van der Waals surface area contributed by atoms with E-state index in [1.54, 1.807) is 4.68 Å². The lowest BCUT2D eigenvalue weighted by atomic mass is 9.34. The lowest BCUT2D eigenvalue weighted by molar-refractivity contribution is -0.254. The highest BCUT2D eigenvalue weighted by atomic mass is 16.5. The quantitative estimate of drug-likeness (QED) is 0.258. The molecule has 274 valence electrons. The van der Waals surface area contributed by atoms with E-state index in [2.05, 4.69) is 78.5 Å². The second kappa shape index (κ2) is 11.9. The van der Waals surface area contributed by atoms with Crippen molar-refractivity contribution >= 4 is 11.9 Å². The molecule has 0 spiro atoms. The van der Waals surface area contributed by atoms with Gasteiger partial charge in [-0.1, -0.05) is 74.0 Å². The van der Waals surface area contributed by atoms with Crippen molar-refractivity contribution in [3.63, 3.8) is 0 Å². The molecular weight excluding hydrogens is 618 g/mol. The molecule has 0 unspecified atom stereocenters. The first-order valence-electron chi connectivity index (χ1n) is 18.8. The number of amides is 1. The number of nitrogens with two attached hydrogens (primary N) is 2.